The Kier molecular flexibility index (Phi) is 23.6. The molecule has 2 nitrogen and oxygen atoms in total. The summed E-state index contributed by atoms with van der Waals surface area (Å²) >= 11 is 19.1. The molecule has 0 atom stereocenters. The number of carbonyl (C=O) groups excluding carboxylic acids is 2. The molecule has 0 saturated carbocycles. The quantitative estimate of drug-likeness (QED) is 0.0346. The van der Waals surface area contributed by atoms with E-state index >= 15 is 0 Å². The molecule has 2 heterocycles. The van der Waals surface area contributed by atoms with Gasteiger partial charge in [-0.2, -0.15) is 0 Å². The average molecular weight is 1220 g/mol. The lowest BCUT2D eigenvalue weighted by atomic mass is 9.96. The highest BCUT2D eigenvalue weighted by atomic mass is 32.3. The zero-order valence-corrected chi connectivity index (χ0v) is 54.4. The summed E-state index contributed by atoms with van der Waals surface area (Å²) in [7, 11) is 0. The van der Waals surface area contributed by atoms with Crippen LogP contribution in [-0.2, 0) is 9.59 Å². The van der Waals surface area contributed by atoms with Crippen LogP contribution in [0.3, 0.4) is 0 Å². The van der Waals surface area contributed by atoms with Gasteiger partial charge < -0.3 is 0 Å². The number of fused-ring (bicyclic) bond motifs is 6. The molecule has 0 saturated heterocycles. The number of carbonyl (C=O) groups is 2. The van der Waals surface area contributed by atoms with Crippen molar-refractivity contribution >= 4 is 139 Å². The third-order valence-corrected chi connectivity index (χ3v) is 27.1. The fourth-order valence-electron chi connectivity index (χ4n) is 10.2. The molecule has 0 bridgehead atoms. The van der Waals surface area contributed by atoms with Gasteiger partial charge >= 0.3 is 0 Å². The van der Waals surface area contributed by atoms with Crippen molar-refractivity contribution in [2.24, 2.45) is 0 Å². The van der Waals surface area contributed by atoms with E-state index in [-0.39, 0.29) is 10.2 Å². The first-order valence-corrected chi connectivity index (χ1v) is 37.3. The molecular formula is C66H74O2S10. The summed E-state index contributed by atoms with van der Waals surface area (Å²) in [6.45, 7) is 12.5. The molecule has 0 radical (unpaired) electrons. The Labute approximate surface area is 510 Å². The number of benzene rings is 5. The van der Waals surface area contributed by atoms with Crippen molar-refractivity contribution in [2.45, 2.75) is 154 Å². The van der Waals surface area contributed by atoms with Gasteiger partial charge in [0.2, 0.25) is 0 Å². The van der Waals surface area contributed by atoms with Crippen LogP contribution in [0.4, 0.5) is 0 Å². The predicted molar refractivity (Wildman–Crippen MR) is 364 cm³/mol. The molecule has 410 valence electrons. The standard InChI is InChI=1S/C66H74O2S10/c1-7-11-15-19-34-69-63-64(70-35-20-16-12-8-2)76-61(75-63)59-55-39-47(45-26-30-49(31-27-45)73-43(5)67)28-32-51(55)53-41-58-54(42-57(53)59)52-33-29-48(46-24-23-25-50(38-46)74-44(6)68)40-56(52)60(58)62-77-65(71-36-21-17-13-9-3)66(78-62)72-37-22-18-14-10-4/h23-33,38-42H,7-22,34-37H2,1-6H3. The lowest BCUT2D eigenvalue weighted by Gasteiger charge is -2.12. The molecule has 0 unspecified atom stereocenters. The van der Waals surface area contributed by atoms with E-state index in [4.69, 9.17) is 0 Å². The van der Waals surface area contributed by atoms with E-state index in [1.54, 1.807) is 13.8 Å². The molecule has 0 N–H and O–H groups in total. The molecular weight excluding hydrogens is 1150 g/mol. The Morgan fingerprint density at radius 2 is 0.705 bits per heavy atom. The van der Waals surface area contributed by atoms with E-state index in [9.17, 15) is 9.59 Å². The lowest BCUT2D eigenvalue weighted by Crippen LogP contribution is -1.89. The van der Waals surface area contributed by atoms with Crippen LogP contribution in [0, 0.1) is 0 Å². The minimum atomic E-state index is 0.101. The summed E-state index contributed by atoms with van der Waals surface area (Å²) in [6, 6.07) is 36.5. The Morgan fingerprint density at radius 1 is 0.346 bits per heavy atom. The van der Waals surface area contributed by atoms with E-state index in [2.05, 4.69) is 166 Å². The number of rotatable bonds is 28. The Balaban J connectivity index is 1.18. The third-order valence-electron chi connectivity index (χ3n) is 14.1. The molecule has 2 aliphatic heterocycles. The van der Waals surface area contributed by atoms with Gasteiger partial charge in [0.1, 0.15) is 0 Å². The molecule has 2 aliphatic carbocycles. The van der Waals surface area contributed by atoms with E-state index in [0.717, 1.165) is 43.9 Å². The van der Waals surface area contributed by atoms with Gasteiger partial charge in [0.25, 0.3) is 0 Å². The van der Waals surface area contributed by atoms with Gasteiger partial charge in [-0.25, -0.2) is 0 Å². The van der Waals surface area contributed by atoms with Crippen LogP contribution in [0.25, 0.3) is 55.7 Å². The highest BCUT2D eigenvalue weighted by Gasteiger charge is 2.37. The average Bonchev–Trinajstić information content (AvgIpc) is 4.18. The normalized spacial score (nSPS) is 14.5. The van der Waals surface area contributed by atoms with E-state index in [0.29, 0.717) is 0 Å². The molecule has 12 heteroatoms. The summed E-state index contributed by atoms with van der Waals surface area (Å²) in [5.74, 6) is 4.64. The van der Waals surface area contributed by atoms with Gasteiger partial charge in [-0.1, -0.05) is 224 Å². The van der Waals surface area contributed by atoms with Crippen LogP contribution >= 0.6 is 118 Å². The molecule has 9 rings (SSSR count). The van der Waals surface area contributed by atoms with Crippen LogP contribution < -0.4 is 0 Å². The largest absolute Gasteiger partial charge is 0.287 e. The SMILES string of the molecule is CCCCCCSC1=C(SCCCCCC)SC(=C2c3cc(-c4ccc(SC(C)=O)cc4)ccc3-c3cc4c(cc32)-c2ccc(-c3cccc(SC(C)=O)c3)cc2C4=C2SC(SCCCCCC)=C(SCCCCCC)S2)S1. The summed E-state index contributed by atoms with van der Waals surface area (Å²) in [5, 5.41) is 0.203. The van der Waals surface area contributed by atoms with E-state index in [1.807, 2.05) is 53.1 Å². The van der Waals surface area contributed by atoms with Gasteiger partial charge in [0.15, 0.2) is 10.2 Å². The van der Waals surface area contributed by atoms with E-state index < -0.39 is 0 Å². The van der Waals surface area contributed by atoms with Crippen LogP contribution in [-0.4, -0.2) is 33.2 Å². The number of hydrogen-bond acceptors (Lipinski definition) is 12. The fraction of sp³-hybridized carbons (Fsp3) is 0.394. The summed E-state index contributed by atoms with van der Waals surface area (Å²) in [5.41, 5.74) is 17.9. The van der Waals surface area contributed by atoms with E-state index in [1.165, 1.54) is 218 Å². The van der Waals surface area contributed by atoms with Crippen LogP contribution in [0.15, 0.2) is 132 Å². The first-order chi connectivity index (χ1) is 38.2. The maximum absolute atomic E-state index is 12.3. The number of unbranched alkanes of at least 4 members (excludes halogenated alkanes) is 12. The van der Waals surface area contributed by atoms with Crippen LogP contribution in [0.5, 0.6) is 0 Å². The lowest BCUT2D eigenvalue weighted by molar-refractivity contribution is -0.109. The smallest absolute Gasteiger partial charge is 0.190 e. The summed E-state index contributed by atoms with van der Waals surface area (Å²) in [6.07, 6.45) is 20.4. The first kappa shape index (κ1) is 60.5. The summed E-state index contributed by atoms with van der Waals surface area (Å²) in [4.78, 5) is 26.3. The Bertz CT molecular complexity index is 3040. The minimum absolute atomic E-state index is 0.101. The second kappa shape index (κ2) is 30.5. The van der Waals surface area contributed by atoms with Gasteiger partial charge in [0.05, 0.1) is 25.4 Å². The van der Waals surface area contributed by atoms with Crippen molar-refractivity contribution in [1.29, 1.82) is 0 Å². The van der Waals surface area contributed by atoms with Crippen molar-refractivity contribution < 1.29 is 9.59 Å². The Hall–Kier alpha value is -2.10. The van der Waals surface area contributed by atoms with Gasteiger partial charge in [-0.15, -0.1) is 47.0 Å². The molecule has 4 aliphatic rings. The maximum Gasteiger partial charge on any atom is 0.190 e. The van der Waals surface area contributed by atoms with Crippen molar-refractivity contribution in [3.05, 3.63) is 145 Å². The van der Waals surface area contributed by atoms with Gasteiger partial charge in [-0.05, 0) is 164 Å². The molecule has 0 aromatic heterocycles. The fourth-order valence-corrected chi connectivity index (χ4v) is 23.7. The highest BCUT2D eigenvalue weighted by molar-refractivity contribution is 8.41. The molecule has 78 heavy (non-hydrogen) atoms. The second-order valence-corrected chi connectivity index (χ2v) is 32.8. The van der Waals surface area contributed by atoms with Crippen LogP contribution in [0.1, 0.15) is 167 Å². The first-order valence-electron chi connectivity index (χ1n) is 28.4. The number of hydrogen-bond donors (Lipinski definition) is 0. The van der Waals surface area contributed by atoms with Crippen molar-refractivity contribution in [3.63, 3.8) is 0 Å². The van der Waals surface area contributed by atoms with Gasteiger partial charge in [0, 0.05) is 34.8 Å². The third kappa shape index (κ3) is 15.4. The zero-order chi connectivity index (χ0) is 54.4. The monoisotopic (exact) mass is 1220 g/mol. The van der Waals surface area contributed by atoms with Crippen molar-refractivity contribution in [3.8, 4) is 44.5 Å². The molecule has 5 aromatic rings. The number of thioether (sulfide) groups is 10. The highest BCUT2D eigenvalue weighted by Crippen LogP contribution is 2.66. The summed E-state index contributed by atoms with van der Waals surface area (Å²) < 4.78 is 8.74. The Morgan fingerprint density at radius 3 is 1.10 bits per heavy atom. The second-order valence-electron chi connectivity index (χ2n) is 20.2. The van der Waals surface area contributed by atoms with Gasteiger partial charge in [-0.3, -0.25) is 9.59 Å². The molecule has 5 aromatic carbocycles. The topological polar surface area (TPSA) is 34.1 Å². The molecule has 0 fully saturated rings. The van der Waals surface area contributed by atoms with Crippen molar-refractivity contribution in [2.75, 3.05) is 23.0 Å². The zero-order valence-electron chi connectivity index (χ0n) is 46.3. The molecule has 0 spiro atoms. The maximum atomic E-state index is 12.3. The minimum Gasteiger partial charge on any atom is -0.287 e. The predicted octanol–water partition coefficient (Wildman–Crippen LogP) is 24.2. The molecule has 0 amide bonds. The van der Waals surface area contributed by atoms with Crippen molar-refractivity contribution in [1.82, 2.24) is 0 Å². The van der Waals surface area contributed by atoms with Crippen LogP contribution in [0.2, 0.25) is 0 Å².